The molecule has 1 saturated carbocycles. The van der Waals surface area contributed by atoms with E-state index >= 15 is 0 Å². The second kappa shape index (κ2) is 7.29. The number of anilines is 1. The van der Waals surface area contributed by atoms with Crippen molar-refractivity contribution in [3.05, 3.63) is 58.6 Å². The highest BCUT2D eigenvalue weighted by molar-refractivity contribution is 7.92. The van der Waals surface area contributed by atoms with Crippen LogP contribution in [-0.4, -0.2) is 26.9 Å². The first kappa shape index (κ1) is 18.7. The van der Waals surface area contributed by atoms with Gasteiger partial charge in [-0.15, -0.1) is 0 Å². The Bertz CT molecular complexity index is 922. The summed E-state index contributed by atoms with van der Waals surface area (Å²) in [6.07, 6.45) is 1.89. The van der Waals surface area contributed by atoms with Gasteiger partial charge in [0.1, 0.15) is 6.54 Å². The van der Waals surface area contributed by atoms with Gasteiger partial charge in [-0.05, 0) is 74.2 Å². The first-order chi connectivity index (χ1) is 12.3. The summed E-state index contributed by atoms with van der Waals surface area (Å²) in [4.78, 5) is 12.4. The van der Waals surface area contributed by atoms with E-state index in [1.54, 1.807) is 12.1 Å². The van der Waals surface area contributed by atoms with Crippen molar-refractivity contribution in [1.82, 2.24) is 5.32 Å². The quantitative estimate of drug-likeness (QED) is 0.818. The third-order valence-corrected chi connectivity index (χ3v) is 6.45. The van der Waals surface area contributed by atoms with Crippen LogP contribution in [0.2, 0.25) is 5.02 Å². The molecule has 26 heavy (non-hydrogen) atoms. The fourth-order valence-corrected chi connectivity index (χ4v) is 4.10. The van der Waals surface area contributed by atoms with E-state index in [2.05, 4.69) is 5.32 Å². The molecule has 3 rings (SSSR count). The number of benzene rings is 2. The van der Waals surface area contributed by atoms with Crippen LogP contribution >= 0.6 is 11.6 Å². The van der Waals surface area contributed by atoms with Crippen LogP contribution in [0, 0.1) is 13.8 Å². The lowest BCUT2D eigenvalue weighted by molar-refractivity contribution is -0.119. The van der Waals surface area contributed by atoms with Gasteiger partial charge in [-0.3, -0.25) is 9.10 Å². The van der Waals surface area contributed by atoms with E-state index in [1.165, 1.54) is 24.3 Å². The third kappa shape index (κ3) is 4.19. The molecule has 0 unspecified atom stereocenters. The van der Waals surface area contributed by atoms with Crippen LogP contribution in [0.3, 0.4) is 0 Å². The number of nitrogens with one attached hydrogen (secondary N) is 1. The topological polar surface area (TPSA) is 66.5 Å². The molecule has 1 fully saturated rings. The van der Waals surface area contributed by atoms with Gasteiger partial charge in [-0.1, -0.05) is 17.7 Å². The Morgan fingerprint density at radius 3 is 2.35 bits per heavy atom. The molecule has 0 spiro atoms. The molecule has 0 bridgehead atoms. The number of carbonyl (C=O) groups excluding carboxylic acids is 1. The first-order valence-electron chi connectivity index (χ1n) is 8.42. The normalized spacial score (nSPS) is 14.1. The summed E-state index contributed by atoms with van der Waals surface area (Å²) in [5, 5.41) is 3.30. The van der Waals surface area contributed by atoms with Gasteiger partial charge in [0.05, 0.1) is 10.6 Å². The van der Waals surface area contributed by atoms with Gasteiger partial charge in [0, 0.05) is 11.1 Å². The number of amides is 1. The lowest BCUT2D eigenvalue weighted by Crippen LogP contribution is -2.41. The number of hydrogen-bond donors (Lipinski definition) is 1. The van der Waals surface area contributed by atoms with Crippen molar-refractivity contribution in [2.45, 2.75) is 37.6 Å². The highest BCUT2D eigenvalue weighted by Crippen LogP contribution is 2.27. The highest BCUT2D eigenvalue weighted by atomic mass is 35.5. The van der Waals surface area contributed by atoms with Gasteiger partial charge in [0.15, 0.2) is 0 Å². The van der Waals surface area contributed by atoms with Crippen LogP contribution in [0.1, 0.15) is 24.0 Å². The molecule has 1 aliphatic carbocycles. The fourth-order valence-electron chi connectivity index (χ4n) is 2.56. The van der Waals surface area contributed by atoms with Gasteiger partial charge < -0.3 is 5.32 Å². The maximum Gasteiger partial charge on any atom is 0.264 e. The predicted octanol–water partition coefficient (Wildman–Crippen LogP) is 3.43. The van der Waals surface area contributed by atoms with Crippen LogP contribution in [0.15, 0.2) is 47.4 Å². The zero-order valence-electron chi connectivity index (χ0n) is 14.7. The molecule has 0 atom stereocenters. The Balaban J connectivity index is 1.98. The molecule has 0 aliphatic heterocycles. The van der Waals surface area contributed by atoms with E-state index in [0.717, 1.165) is 28.3 Å². The summed E-state index contributed by atoms with van der Waals surface area (Å²) >= 11 is 5.87. The van der Waals surface area contributed by atoms with E-state index in [1.807, 2.05) is 19.9 Å². The summed E-state index contributed by atoms with van der Waals surface area (Å²) in [6.45, 7) is 3.61. The minimum atomic E-state index is -3.90. The largest absolute Gasteiger partial charge is 0.352 e. The average molecular weight is 393 g/mol. The van der Waals surface area contributed by atoms with Crippen LogP contribution in [0.4, 0.5) is 5.69 Å². The lowest BCUT2D eigenvalue weighted by Gasteiger charge is -2.25. The fraction of sp³-hybridized carbons (Fsp3) is 0.316. The van der Waals surface area contributed by atoms with Gasteiger partial charge in [0.25, 0.3) is 10.0 Å². The van der Waals surface area contributed by atoms with Crippen molar-refractivity contribution in [2.75, 3.05) is 10.8 Å². The van der Waals surface area contributed by atoms with E-state index in [-0.39, 0.29) is 23.4 Å². The Morgan fingerprint density at radius 2 is 1.77 bits per heavy atom. The number of aryl methyl sites for hydroxylation is 2. The summed E-state index contributed by atoms with van der Waals surface area (Å²) in [5.41, 5.74) is 2.48. The second-order valence-electron chi connectivity index (χ2n) is 6.58. The van der Waals surface area contributed by atoms with Gasteiger partial charge in [-0.25, -0.2) is 8.42 Å². The van der Waals surface area contributed by atoms with Crippen molar-refractivity contribution >= 4 is 33.2 Å². The molecule has 0 radical (unpaired) electrons. The van der Waals surface area contributed by atoms with Crippen molar-refractivity contribution in [3.63, 3.8) is 0 Å². The van der Waals surface area contributed by atoms with Gasteiger partial charge in [0.2, 0.25) is 5.91 Å². The van der Waals surface area contributed by atoms with Crippen LogP contribution in [0.5, 0.6) is 0 Å². The highest BCUT2D eigenvalue weighted by Gasteiger charge is 2.30. The molecule has 1 aliphatic rings. The van der Waals surface area contributed by atoms with Gasteiger partial charge >= 0.3 is 0 Å². The summed E-state index contributed by atoms with van der Waals surface area (Å²) in [6, 6.07) is 11.5. The molecule has 1 N–H and O–H groups in total. The zero-order chi connectivity index (χ0) is 18.9. The Hall–Kier alpha value is -2.05. The predicted molar refractivity (Wildman–Crippen MR) is 103 cm³/mol. The number of halogens is 1. The van der Waals surface area contributed by atoms with Gasteiger partial charge in [-0.2, -0.15) is 0 Å². The third-order valence-electron chi connectivity index (χ3n) is 4.41. The minimum Gasteiger partial charge on any atom is -0.352 e. The minimum absolute atomic E-state index is 0.0966. The van der Waals surface area contributed by atoms with E-state index in [4.69, 9.17) is 11.6 Å². The molecule has 2 aromatic carbocycles. The molecule has 7 heteroatoms. The van der Waals surface area contributed by atoms with Crippen LogP contribution < -0.4 is 9.62 Å². The average Bonchev–Trinajstić information content (AvgIpc) is 3.39. The molecular formula is C19H21ClN2O3S. The molecule has 138 valence electrons. The van der Waals surface area contributed by atoms with Crippen molar-refractivity contribution in [3.8, 4) is 0 Å². The van der Waals surface area contributed by atoms with E-state index in [9.17, 15) is 13.2 Å². The number of hydrogen-bond acceptors (Lipinski definition) is 3. The molecular weight excluding hydrogens is 372 g/mol. The first-order valence-corrected chi connectivity index (χ1v) is 10.2. The Labute approximate surface area is 159 Å². The SMILES string of the molecule is Cc1ccc(N(CC(=O)NC2CC2)S(=O)(=O)c2ccc(Cl)cc2)cc1C. The summed E-state index contributed by atoms with van der Waals surface area (Å²) < 4.78 is 27.5. The maximum atomic E-state index is 13.2. The zero-order valence-corrected chi connectivity index (χ0v) is 16.3. The number of nitrogens with zero attached hydrogens (tertiary/aromatic N) is 1. The lowest BCUT2D eigenvalue weighted by atomic mass is 10.1. The monoisotopic (exact) mass is 392 g/mol. The van der Waals surface area contributed by atoms with E-state index < -0.39 is 10.0 Å². The van der Waals surface area contributed by atoms with Crippen molar-refractivity contribution < 1.29 is 13.2 Å². The summed E-state index contributed by atoms with van der Waals surface area (Å²) in [5.74, 6) is -0.303. The number of sulfonamides is 1. The van der Waals surface area contributed by atoms with E-state index in [0.29, 0.717) is 10.7 Å². The van der Waals surface area contributed by atoms with Crippen LogP contribution in [0.25, 0.3) is 0 Å². The molecule has 0 heterocycles. The van der Waals surface area contributed by atoms with Crippen LogP contribution in [-0.2, 0) is 14.8 Å². The maximum absolute atomic E-state index is 13.2. The molecule has 0 aromatic heterocycles. The smallest absolute Gasteiger partial charge is 0.264 e. The van der Waals surface area contributed by atoms with Crippen molar-refractivity contribution in [2.24, 2.45) is 0 Å². The second-order valence-corrected chi connectivity index (χ2v) is 8.87. The molecule has 1 amide bonds. The Kier molecular flexibility index (Phi) is 5.25. The summed E-state index contributed by atoms with van der Waals surface area (Å²) in [7, 11) is -3.90. The Morgan fingerprint density at radius 1 is 1.12 bits per heavy atom. The molecule has 0 saturated heterocycles. The number of carbonyl (C=O) groups is 1. The standard InChI is InChI=1S/C19H21ClN2O3S/c1-13-3-8-17(11-14(13)2)22(12-19(23)21-16-6-7-16)26(24,25)18-9-4-15(20)5-10-18/h3-5,8-11,16H,6-7,12H2,1-2H3,(H,21,23). The number of rotatable bonds is 6. The molecule has 5 nitrogen and oxygen atoms in total. The van der Waals surface area contributed by atoms with Crippen molar-refractivity contribution in [1.29, 1.82) is 0 Å². The molecule has 2 aromatic rings.